The van der Waals surface area contributed by atoms with Crippen LogP contribution < -0.4 is 47.9 Å². The number of hydrogen-bond donors (Lipinski definition) is 9. The zero-order valence-electron chi connectivity index (χ0n) is 55.5. The van der Waals surface area contributed by atoms with Crippen LogP contribution in [0.1, 0.15) is 136 Å². The van der Waals surface area contributed by atoms with Crippen molar-refractivity contribution in [2.75, 3.05) is 36.2 Å². The average molecular weight is 1260 g/mol. The second kappa shape index (κ2) is 31.6. The SMILES string of the molecule is CC/C1=C/c2ccccc2CN(C(=O)CCC(=O)N[C@H](C(=O)N[C@@H](CCCNC(N)=O)C(=O)Nc2ccc(COC(=O)Nc3ccc4c(C(C)(C)[C@H](NC)C(=O)N[C@H](C(=O)N(C)[C@H](/C=C(\C)C(=O)O)C(C)C)C(C)(C)C)cn(C)c4c3)cc2)C(C)C)c2ccccc21. The third-order valence-electron chi connectivity index (χ3n) is 16.8. The Hall–Kier alpha value is -9.31. The number of allylic oxidation sites excluding steroid dienone is 1. The largest absolute Gasteiger partial charge is 0.478 e. The van der Waals surface area contributed by atoms with Crippen LogP contribution in [0.5, 0.6) is 0 Å². The second-order valence-corrected chi connectivity index (χ2v) is 25.9. The number of nitrogens with one attached hydrogen (secondary N) is 7. The molecule has 6 rings (SSSR count). The maximum atomic E-state index is 14.4. The molecule has 0 fully saturated rings. The molecule has 0 saturated carbocycles. The third kappa shape index (κ3) is 18.4. The van der Waals surface area contributed by atoms with Gasteiger partial charge in [0.25, 0.3) is 0 Å². The van der Waals surface area contributed by atoms with Gasteiger partial charge in [-0.05, 0) is 109 Å². The molecule has 5 aromatic rings. The molecule has 2 heterocycles. The number of nitrogens with zero attached hydrogens (tertiary/aromatic N) is 3. The summed E-state index contributed by atoms with van der Waals surface area (Å²) in [7, 11) is 5.16. The summed E-state index contributed by atoms with van der Waals surface area (Å²) in [5.74, 6) is -4.34. The highest BCUT2D eigenvalue weighted by molar-refractivity contribution is 6.02. The number of nitrogens with two attached hydrogens (primary N) is 1. The maximum absolute atomic E-state index is 14.4. The second-order valence-electron chi connectivity index (χ2n) is 25.9. The number of primary amides is 1. The summed E-state index contributed by atoms with van der Waals surface area (Å²) in [4.78, 5) is 124. The molecule has 0 saturated heterocycles. The fourth-order valence-corrected chi connectivity index (χ4v) is 11.5. The molecule has 0 spiro atoms. The number of amides is 9. The maximum Gasteiger partial charge on any atom is 0.411 e. The molecule has 0 radical (unpaired) electrons. The minimum atomic E-state index is -1.12. The Morgan fingerprint density at radius 3 is 2.08 bits per heavy atom. The molecule has 22 heteroatoms. The number of urea groups is 1. The van der Waals surface area contributed by atoms with E-state index >= 15 is 0 Å². The molecule has 92 heavy (non-hydrogen) atoms. The zero-order chi connectivity index (χ0) is 67.9. The van der Waals surface area contributed by atoms with Crippen molar-refractivity contribution < 1.29 is 53.0 Å². The van der Waals surface area contributed by atoms with Crippen LogP contribution in [0.4, 0.5) is 26.7 Å². The number of para-hydroxylation sites is 1. The molecular weight excluding hydrogens is 1170 g/mol. The molecule has 10 N–H and O–H groups in total. The molecule has 5 atom stereocenters. The quantitative estimate of drug-likeness (QED) is 0.0176. The smallest absolute Gasteiger partial charge is 0.411 e. The number of carboxylic acids is 1. The van der Waals surface area contributed by atoms with E-state index in [4.69, 9.17) is 10.5 Å². The van der Waals surface area contributed by atoms with Gasteiger partial charge in [0.15, 0.2) is 0 Å². The van der Waals surface area contributed by atoms with Gasteiger partial charge in [-0.1, -0.05) is 142 Å². The Balaban J connectivity index is 1.06. The topological polar surface area (TPSA) is 305 Å². The van der Waals surface area contributed by atoms with Crippen molar-refractivity contribution in [1.82, 2.24) is 36.1 Å². The average Bonchev–Trinajstić information content (AvgIpc) is 1.54. The number of anilines is 3. The van der Waals surface area contributed by atoms with E-state index in [0.29, 0.717) is 23.5 Å². The van der Waals surface area contributed by atoms with Crippen molar-refractivity contribution in [2.45, 2.75) is 157 Å². The normalized spacial score (nSPS) is 14.8. The number of aliphatic carboxylic acids is 1. The van der Waals surface area contributed by atoms with Crippen LogP contribution in [0.3, 0.4) is 0 Å². The minimum absolute atomic E-state index is 0.0904. The fourth-order valence-electron chi connectivity index (χ4n) is 11.5. The van der Waals surface area contributed by atoms with Crippen molar-refractivity contribution >= 4 is 93.2 Å². The summed E-state index contributed by atoms with van der Waals surface area (Å²) in [6, 6.07) is 22.3. The molecule has 1 aliphatic rings. The lowest BCUT2D eigenvalue weighted by Crippen LogP contribution is -2.61. The Bertz CT molecular complexity index is 3580. The number of carbonyl (C=O) groups excluding carboxylic acids is 8. The van der Waals surface area contributed by atoms with Crippen LogP contribution in [0.25, 0.3) is 22.6 Å². The Labute approximate surface area is 539 Å². The van der Waals surface area contributed by atoms with Crippen molar-refractivity contribution in [2.24, 2.45) is 30.0 Å². The number of benzene rings is 4. The first-order valence-corrected chi connectivity index (χ1v) is 31.3. The van der Waals surface area contributed by atoms with Gasteiger partial charge in [0, 0.05) is 73.0 Å². The number of likely N-dealkylation sites (N-methyl/N-ethyl adjacent to an activating group) is 2. The van der Waals surface area contributed by atoms with E-state index in [9.17, 15) is 48.3 Å². The van der Waals surface area contributed by atoms with Crippen molar-refractivity contribution in [1.29, 1.82) is 0 Å². The standard InChI is InChI=1S/C70H93N11O11/c1-15-45-36-46-21-16-17-22-47(46)38-81(54-25-19-18-23-50(45)54)58(83)33-32-57(82)77-59(42(4)5)63(85)76-53(24-20-34-73-67(71)90)62(84)74-48-28-26-44(27-29-48)40-92-68(91)75-49-30-31-51-52(39-79(13)56(51)37-49)70(10,11)60(72-12)64(86)78-61(69(7,8)9)65(87)80(14)55(41(2)3)35-43(6)66(88)89/h16-19,21-23,25-31,35-37,39,41-42,53,55,59-61,72H,15,20,24,32-34,38,40H2,1-14H3,(H,74,84)(H,75,91)(H,76,85)(H,77,82)(H,78,86)(H,88,89)(H3,71,73,90)/b43-35+,45-36-/t53-,55+,59-,60+,61+/m0/s1. The predicted molar refractivity (Wildman–Crippen MR) is 359 cm³/mol. The number of carboxylic acid groups (broad SMARTS) is 1. The van der Waals surface area contributed by atoms with Crippen molar-refractivity contribution in [3.63, 3.8) is 0 Å². The van der Waals surface area contributed by atoms with Crippen LogP contribution in [0.2, 0.25) is 0 Å². The molecule has 1 aliphatic heterocycles. The first-order chi connectivity index (χ1) is 43.4. The number of ether oxygens (including phenoxy) is 1. The highest BCUT2D eigenvalue weighted by Crippen LogP contribution is 2.38. The van der Waals surface area contributed by atoms with Gasteiger partial charge in [-0.3, -0.25) is 34.1 Å². The van der Waals surface area contributed by atoms with E-state index in [2.05, 4.69) is 50.2 Å². The molecule has 0 unspecified atom stereocenters. The lowest BCUT2D eigenvalue weighted by Gasteiger charge is -2.39. The lowest BCUT2D eigenvalue weighted by molar-refractivity contribution is -0.141. The van der Waals surface area contributed by atoms with E-state index in [1.165, 1.54) is 11.8 Å². The molecule has 494 valence electrons. The van der Waals surface area contributed by atoms with E-state index < -0.39 is 88.7 Å². The van der Waals surface area contributed by atoms with Gasteiger partial charge in [-0.25, -0.2) is 14.4 Å². The monoisotopic (exact) mass is 1260 g/mol. The van der Waals surface area contributed by atoms with Gasteiger partial charge in [0.1, 0.15) is 24.7 Å². The van der Waals surface area contributed by atoms with Gasteiger partial charge in [0.2, 0.25) is 35.4 Å². The summed E-state index contributed by atoms with van der Waals surface area (Å²) in [6.45, 7) is 20.6. The molecule has 0 bridgehead atoms. The molecular formula is C70H93N11O11. The summed E-state index contributed by atoms with van der Waals surface area (Å²) in [5, 5.41) is 30.3. The Morgan fingerprint density at radius 2 is 1.45 bits per heavy atom. The number of carbonyl (C=O) groups is 9. The van der Waals surface area contributed by atoms with Gasteiger partial charge in [-0.15, -0.1) is 0 Å². The minimum Gasteiger partial charge on any atom is -0.478 e. The number of aromatic nitrogens is 1. The third-order valence-corrected chi connectivity index (χ3v) is 16.8. The summed E-state index contributed by atoms with van der Waals surface area (Å²) < 4.78 is 7.49. The van der Waals surface area contributed by atoms with Crippen LogP contribution in [0, 0.1) is 17.3 Å². The highest BCUT2D eigenvalue weighted by Gasteiger charge is 2.43. The molecule has 0 aliphatic carbocycles. The molecule has 9 amide bonds. The summed E-state index contributed by atoms with van der Waals surface area (Å²) in [5.41, 5.74) is 11.6. The van der Waals surface area contributed by atoms with E-state index in [0.717, 1.165) is 50.8 Å². The van der Waals surface area contributed by atoms with Crippen molar-refractivity contribution in [3.05, 3.63) is 137 Å². The van der Waals surface area contributed by atoms with Gasteiger partial charge < -0.3 is 61.8 Å². The molecule has 22 nitrogen and oxygen atoms in total. The number of fused-ring (bicyclic) bond motifs is 3. The summed E-state index contributed by atoms with van der Waals surface area (Å²) >= 11 is 0. The first kappa shape index (κ1) is 71.8. The molecule has 4 aromatic carbocycles. The number of aryl methyl sites for hydroxylation is 1. The Morgan fingerprint density at radius 1 is 0.783 bits per heavy atom. The first-order valence-electron chi connectivity index (χ1n) is 31.3. The van der Waals surface area contributed by atoms with Crippen molar-refractivity contribution in [3.8, 4) is 0 Å². The van der Waals surface area contributed by atoms with E-state index in [-0.39, 0.29) is 62.1 Å². The highest BCUT2D eigenvalue weighted by atomic mass is 16.5. The van der Waals surface area contributed by atoms with Gasteiger partial charge >= 0.3 is 18.1 Å². The van der Waals surface area contributed by atoms with Crippen LogP contribution >= 0.6 is 0 Å². The fraction of sp³-hybridized carbons (Fsp3) is 0.443. The van der Waals surface area contributed by atoms with Crippen LogP contribution in [0.15, 0.2) is 109 Å². The zero-order valence-corrected chi connectivity index (χ0v) is 55.5. The van der Waals surface area contributed by atoms with Crippen LogP contribution in [-0.2, 0) is 63.9 Å². The van der Waals surface area contributed by atoms with Crippen LogP contribution in [-0.4, -0.2) is 119 Å². The predicted octanol–water partition coefficient (Wildman–Crippen LogP) is 9.13. The lowest BCUT2D eigenvalue weighted by atomic mass is 9.76. The van der Waals surface area contributed by atoms with Gasteiger partial charge in [0.05, 0.1) is 29.8 Å². The number of rotatable bonds is 27. The number of hydrogen-bond acceptors (Lipinski definition) is 11. The Kier molecular flexibility index (Phi) is 24.7. The van der Waals surface area contributed by atoms with E-state index in [1.807, 2.05) is 121 Å². The van der Waals surface area contributed by atoms with Gasteiger partial charge in [-0.2, -0.15) is 0 Å². The molecule has 1 aromatic heterocycles. The summed E-state index contributed by atoms with van der Waals surface area (Å²) in [6.07, 6.45) is 5.69. The van der Waals surface area contributed by atoms with E-state index in [1.54, 1.807) is 75.3 Å².